The molecule has 1 nitrogen and oxygen atoms in total. The SMILES string of the molecule is CC(C)(C)/C(=C/c1ccc(F)cc1)CN. The molecule has 1 rings (SSSR count). The maximum absolute atomic E-state index is 12.7. The fourth-order valence-electron chi connectivity index (χ4n) is 1.34. The van der Waals surface area contributed by atoms with Crippen molar-refractivity contribution in [3.8, 4) is 0 Å². The van der Waals surface area contributed by atoms with Gasteiger partial charge in [0, 0.05) is 6.54 Å². The fraction of sp³-hybridized carbons (Fsp3) is 0.385. The zero-order valence-electron chi connectivity index (χ0n) is 9.55. The minimum atomic E-state index is -0.211. The first-order valence-electron chi connectivity index (χ1n) is 5.10. The molecule has 1 aromatic rings. The summed E-state index contributed by atoms with van der Waals surface area (Å²) in [6.07, 6.45) is 2.03. The standard InChI is InChI=1S/C13H18FN/c1-13(2,3)11(9-15)8-10-4-6-12(14)7-5-10/h4-8H,9,15H2,1-3H3/b11-8+. The van der Waals surface area contributed by atoms with E-state index >= 15 is 0 Å². The van der Waals surface area contributed by atoms with Gasteiger partial charge < -0.3 is 5.73 Å². The topological polar surface area (TPSA) is 26.0 Å². The maximum atomic E-state index is 12.7. The summed E-state index contributed by atoms with van der Waals surface area (Å²) < 4.78 is 12.7. The third-order valence-electron chi connectivity index (χ3n) is 2.39. The van der Waals surface area contributed by atoms with Crippen molar-refractivity contribution in [2.24, 2.45) is 11.1 Å². The molecule has 0 amide bonds. The molecule has 0 aliphatic heterocycles. The van der Waals surface area contributed by atoms with Crippen molar-refractivity contribution in [1.82, 2.24) is 0 Å². The van der Waals surface area contributed by atoms with E-state index in [1.54, 1.807) is 12.1 Å². The Morgan fingerprint density at radius 3 is 2.20 bits per heavy atom. The van der Waals surface area contributed by atoms with Crippen LogP contribution in [0.5, 0.6) is 0 Å². The molecule has 82 valence electrons. The van der Waals surface area contributed by atoms with Gasteiger partial charge in [-0.05, 0) is 23.1 Å². The molecule has 0 unspecified atom stereocenters. The molecule has 0 spiro atoms. The highest BCUT2D eigenvalue weighted by molar-refractivity contribution is 5.54. The third kappa shape index (κ3) is 3.48. The highest BCUT2D eigenvalue weighted by Gasteiger charge is 2.15. The average Bonchev–Trinajstić information content (AvgIpc) is 2.15. The Balaban J connectivity index is 2.99. The van der Waals surface area contributed by atoms with Crippen molar-refractivity contribution in [3.63, 3.8) is 0 Å². The second-order valence-electron chi connectivity index (χ2n) is 4.68. The molecule has 2 N–H and O–H groups in total. The molecule has 0 aromatic heterocycles. The van der Waals surface area contributed by atoms with Crippen LogP contribution in [0, 0.1) is 11.2 Å². The number of benzene rings is 1. The van der Waals surface area contributed by atoms with Gasteiger partial charge in [-0.1, -0.05) is 44.6 Å². The maximum Gasteiger partial charge on any atom is 0.123 e. The molecular weight excluding hydrogens is 189 g/mol. The van der Waals surface area contributed by atoms with E-state index in [1.807, 2.05) is 6.08 Å². The summed E-state index contributed by atoms with van der Waals surface area (Å²) in [4.78, 5) is 0. The summed E-state index contributed by atoms with van der Waals surface area (Å²) in [6, 6.07) is 6.44. The molecule has 2 heteroatoms. The van der Waals surface area contributed by atoms with Crippen LogP contribution < -0.4 is 5.73 Å². The van der Waals surface area contributed by atoms with Crippen LogP contribution in [0.4, 0.5) is 4.39 Å². The lowest BCUT2D eigenvalue weighted by molar-refractivity contribution is 0.499. The molecule has 0 atom stereocenters. The predicted octanol–water partition coefficient (Wildman–Crippen LogP) is 3.21. The minimum absolute atomic E-state index is 0.0587. The van der Waals surface area contributed by atoms with Gasteiger partial charge in [0.1, 0.15) is 5.82 Å². The Bertz CT molecular complexity index is 344. The van der Waals surface area contributed by atoms with Gasteiger partial charge in [0.05, 0.1) is 0 Å². The van der Waals surface area contributed by atoms with Crippen LogP contribution in [0.25, 0.3) is 6.08 Å². The largest absolute Gasteiger partial charge is 0.327 e. The molecular formula is C13H18FN. The molecule has 0 bridgehead atoms. The molecule has 0 fully saturated rings. The summed E-state index contributed by atoms with van der Waals surface area (Å²) in [5.41, 5.74) is 7.91. The number of hydrogen-bond acceptors (Lipinski definition) is 1. The Hall–Kier alpha value is -1.15. The fourth-order valence-corrected chi connectivity index (χ4v) is 1.34. The van der Waals surface area contributed by atoms with E-state index in [0.29, 0.717) is 6.54 Å². The van der Waals surface area contributed by atoms with Crippen molar-refractivity contribution in [2.75, 3.05) is 6.54 Å². The molecule has 0 saturated carbocycles. The van der Waals surface area contributed by atoms with Crippen molar-refractivity contribution >= 4 is 6.08 Å². The highest BCUT2D eigenvalue weighted by Crippen LogP contribution is 2.26. The molecule has 0 aliphatic rings. The second-order valence-corrected chi connectivity index (χ2v) is 4.68. The number of hydrogen-bond donors (Lipinski definition) is 1. The summed E-state index contributed by atoms with van der Waals surface area (Å²) in [5, 5.41) is 0. The molecule has 1 aromatic carbocycles. The summed E-state index contributed by atoms with van der Waals surface area (Å²) in [7, 11) is 0. The Labute approximate surface area is 90.8 Å². The zero-order valence-corrected chi connectivity index (χ0v) is 9.55. The average molecular weight is 207 g/mol. The molecule has 0 heterocycles. The predicted molar refractivity (Wildman–Crippen MR) is 62.9 cm³/mol. The monoisotopic (exact) mass is 207 g/mol. The summed E-state index contributed by atoms with van der Waals surface area (Å²) >= 11 is 0. The van der Waals surface area contributed by atoms with E-state index in [2.05, 4.69) is 20.8 Å². The van der Waals surface area contributed by atoms with Gasteiger partial charge in [-0.3, -0.25) is 0 Å². The number of nitrogens with two attached hydrogens (primary N) is 1. The quantitative estimate of drug-likeness (QED) is 0.791. The lowest BCUT2D eigenvalue weighted by Gasteiger charge is -2.21. The summed E-state index contributed by atoms with van der Waals surface area (Å²) in [5.74, 6) is -0.211. The van der Waals surface area contributed by atoms with Crippen LogP contribution in [0.2, 0.25) is 0 Å². The van der Waals surface area contributed by atoms with Crippen LogP contribution in [-0.2, 0) is 0 Å². The van der Waals surface area contributed by atoms with Crippen LogP contribution in [-0.4, -0.2) is 6.54 Å². The second kappa shape index (κ2) is 4.58. The number of rotatable bonds is 2. The highest BCUT2D eigenvalue weighted by atomic mass is 19.1. The van der Waals surface area contributed by atoms with Gasteiger partial charge in [-0.25, -0.2) is 4.39 Å². The van der Waals surface area contributed by atoms with Gasteiger partial charge in [0.2, 0.25) is 0 Å². The van der Waals surface area contributed by atoms with Crippen molar-refractivity contribution in [2.45, 2.75) is 20.8 Å². The molecule has 0 saturated heterocycles. The Kier molecular flexibility index (Phi) is 3.64. The Morgan fingerprint density at radius 1 is 1.27 bits per heavy atom. The van der Waals surface area contributed by atoms with E-state index in [0.717, 1.165) is 11.1 Å². The molecule has 0 aliphatic carbocycles. The van der Waals surface area contributed by atoms with Gasteiger partial charge in [-0.15, -0.1) is 0 Å². The normalized spacial score (nSPS) is 13.0. The first-order valence-corrected chi connectivity index (χ1v) is 5.10. The summed E-state index contributed by atoms with van der Waals surface area (Å²) in [6.45, 7) is 6.89. The van der Waals surface area contributed by atoms with Crippen LogP contribution in [0.15, 0.2) is 29.8 Å². The van der Waals surface area contributed by atoms with Crippen molar-refractivity contribution in [3.05, 3.63) is 41.2 Å². The van der Waals surface area contributed by atoms with Gasteiger partial charge >= 0.3 is 0 Å². The van der Waals surface area contributed by atoms with Gasteiger partial charge in [-0.2, -0.15) is 0 Å². The van der Waals surface area contributed by atoms with E-state index in [9.17, 15) is 4.39 Å². The lowest BCUT2D eigenvalue weighted by Crippen LogP contribution is -2.17. The van der Waals surface area contributed by atoms with E-state index in [4.69, 9.17) is 5.73 Å². The first-order chi connectivity index (χ1) is 6.93. The van der Waals surface area contributed by atoms with Crippen LogP contribution in [0.3, 0.4) is 0 Å². The van der Waals surface area contributed by atoms with Crippen molar-refractivity contribution in [1.29, 1.82) is 0 Å². The van der Waals surface area contributed by atoms with E-state index in [-0.39, 0.29) is 11.2 Å². The van der Waals surface area contributed by atoms with E-state index < -0.39 is 0 Å². The van der Waals surface area contributed by atoms with Gasteiger partial charge in [0.25, 0.3) is 0 Å². The molecule has 0 radical (unpaired) electrons. The molecule has 15 heavy (non-hydrogen) atoms. The van der Waals surface area contributed by atoms with Crippen LogP contribution in [0.1, 0.15) is 26.3 Å². The Morgan fingerprint density at radius 2 is 1.80 bits per heavy atom. The number of halogens is 1. The van der Waals surface area contributed by atoms with Gasteiger partial charge in [0.15, 0.2) is 0 Å². The first kappa shape index (κ1) is 11.9. The van der Waals surface area contributed by atoms with E-state index in [1.165, 1.54) is 12.1 Å². The zero-order chi connectivity index (χ0) is 11.5. The van der Waals surface area contributed by atoms with Crippen molar-refractivity contribution < 1.29 is 4.39 Å². The minimum Gasteiger partial charge on any atom is -0.327 e. The smallest absolute Gasteiger partial charge is 0.123 e. The van der Waals surface area contributed by atoms with Crippen LogP contribution >= 0.6 is 0 Å². The third-order valence-corrected chi connectivity index (χ3v) is 2.39. The lowest BCUT2D eigenvalue weighted by atomic mass is 9.85.